The Kier molecular flexibility index (Phi) is 5.64. The molecular formula is C21H24N2O4. The molecule has 0 aromatic heterocycles. The van der Waals surface area contributed by atoms with Crippen LogP contribution in [0.15, 0.2) is 42.5 Å². The molecule has 27 heavy (non-hydrogen) atoms. The van der Waals surface area contributed by atoms with Crippen LogP contribution in [0.1, 0.15) is 18.1 Å². The molecule has 2 aromatic rings. The van der Waals surface area contributed by atoms with E-state index in [1.165, 1.54) is 4.90 Å². The lowest BCUT2D eigenvalue weighted by atomic mass is 10.1. The van der Waals surface area contributed by atoms with Crippen molar-refractivity contribution >= 4 is 17.5 Å². The Labute approximate surface area is 159 Å². The van der Waals surface area contributed by atoms with E-state index in [0.29, 0.717) is 24.4 Å². The molecule has 6 heteroatoms. The van der Waals surface area contributed by atoms with Gasteiger partial charge in [-0.05, 0) is 44.0 Å². The molecule has 0 spiro atoms. The summed E-state index contributed by atoms with van der Waals surface area (Å²) in [7, 11) is 1.63. The average molecular weight is 368 g/mol. The zero-order chi connectivity index (χ0) is 19.4. The molecule has 0 aliphatic carbocycles. The second-order valence-electron chi connectivity index (χ2n) is 6.57. The number of ether oxygens (including phenoxy) is 2. The molecule has 142 valence electrons. The Morgan fingerprint density at radius 2 is 2.04 bits per heavy atom. The van der Waals surface area contributed by atoms with Gasteiger partial charge in [0.2, 0.25) is 5.91 Å². The lowest BCUT2D eigenvalue weighted by molar-refractivity contribution is -0.128. The summed E-state index contributed by atoms with van der Waals surface area (Å²) in [5.74, 6) is 0.992. The predicted octanol–water partition coefficient (Wildman–Crippen LogP) is 2.48. The molecule has 1 N–H and O–H groups in total. The smallest absolute Gasteiger partial charge is 0.268 e. The minimum absolute atomic E-state index is 0.0332. The van der Waals surface area contributed by atoms with Crippen molar-refractivity contribution < 1.29 is 19.1 Å². The molecule has 0 fully saturated rings. The summed E-state index contributed by atoms with van der Waals surface area (Å²) in [5.41, 5.74) is 2.80. The first-order chi connectivity index (χ1) is 13.0. The Bertz CT molecular complexity index is 850. The van der Waals surface area contributed by atoms with Gasteiger partial charge in [-0.3, -0.25) is 14.5 Å². The number of rotatable bonds is 6. The second kappa shape index (κ2) is 8.12. The van der Waals surface area contributed by atoms with Crippen LogP contribution >= 0.6 is 0 Å². The van der Waals surface area contributed by atoms with E-state index in [1.807, 2.05) is 31.2 Å². The molecule has 6 nitrogen and oxygen atoms in total. The maximum absolute atomic E-state index is 12.4. The molecular weight excluding hydrogens is 344 g/mol. The zero-order valence-electron chi connectivity index (χ0n) is 15.8. The number of aryl methyl sites for hydroxylation is 1. The van der Waals surface area contributed by atoms with Crippen molar-refractivity contribution in [2.45, 2.75) is 26.4 Å². The lowest BCUT2D eigenvalue weighted by Gasteiger charge is -2.32. The van der Waals surface area contributed by atoms with E-state index in [2.05, 4.69) is 11.4 Å². The van der Waals surface area contributed by atoms with Gasteiger partial charge in [0, 0.05) is 6.54 Å². The van der Waals surface area contributed by atoms with E-state index >= 15 is 0 Å². The third-order valence-corrected chi connectivity index (χ3v) is 4.53. The molecule has 0 saturated heterocycles. The Balaban J connectivity index is 1.61. The van der Waals surface area contributed by atoms with Gasteiger partial charge in [0.1, 0.15) is 18.0 Å². The fourth-order valence-corrected chi connectivity index (χ4v) is 3.16. The van der Waals surface area contributed by atoms with Gasteiger partial charge >= 0.3 is 0 Å². The quantitative estimate of drug-likeness (QED) is 0.851. The van der Waals surface area contributed by atoms with E-state index in [4.69, 9.17) is 9.47 Å². The maximum atomic E-state index is 12.4. The van der Waals surface area contributed by atoms with E-state index in [9.17, 15) is 9.59 Å². The number of nitrogens with zero attached hydrogens (tertiary/aromatic N) is 1. The number of benzene rings is 2. The van der Waals surface area contributed by atoms with Crippen LogP contribution in [0.5, 0.6) is 11.5 Å². The molecule has 0 saturated carbocycles. The van der Waals surface area contributed by atoms with Crippen LogP contribution in [0.3, 0.4) is 0 Å². The molecule has 0 radical (unpaired) electrons. The summed E-state index contributed by atoms with van der Waals surface area (Å²) in [5, 5.41) is 2.89. The van der Waals surface area contributed by atoms with Gasteiger partial charge in [0.05, 0.1) is 12.8 Å². The van der Waals surface area contributed by atoms with Gasteiger partial charge in [-0.25, -0.2) is 0 Å². The van der Waals surface area contributed by atoms with Crippen LogP contribution in [-0.2, 0) is 16.0 Å². The van der Waals surface area contributed by atoms with E-state index in [1.54, 1.807) is 26.2 Å². The van der Waals surface area contributed by atoms with Crippen molar-refractivity contribution in [2.75, 3.05) is 25.1 Å². The van der Waals surface area contributed by atoms with Gasteiger partial charge in [-0.1, -0.05) is 29.8 Å². The Hall–Kier alpha value is -3.02. The molecule has 2 amide bonds. The highest BCUT2D eigenvalue weighted by Gasteiger charge is 2.32. The number of hydrogen-bond donors (Lipinski definition) is 1. The topological polar surface area (TPSA) is 67.9 Å². The number of carbonyl (C=O) groups is 2. The number of nitrogens with one attached hydrogen (secondary N) is 1. The molecule has 3 rings (SSSR count). The molecule has 2 aromatic carbocycles. The number of hydrogen-bond acceptors (Lipinski definition) is 4. The third-order valence-electron chi connectivity index (χ3n) is 4.53. The number of anilines is 1. The van der Waals surface area contributed by atoms with Crippen molar-refractivity contribution in [1.29, 1.82) is 0 Å². The molecule has 0 bridgehead atoms. The van der Waals surface area contributed by atoms with Gasteiger partial charge in [0.25, 0.3) is 5.91 Å². The highest BCUT2D eigenvalue weighted by molar-refractivity contribution is 6.03. The van der Waals surface area contributed by atoms with Gasteiger partial charge in [-0.2, -0.15) is 0 Å². The van der Waals surface area contributed by atoms with Crippen molar-refractivity contribution in [2.24, 2.45) is 0 Å². The van der Waals surface area contributed by atoms with Gasteiger partial charge in [-0.15, -0.1) is 0 Å². The van der Waals surface area contributed by atoms with Crippen LogP contribution < -0.4 is 19.7 Å². The minimum atomic E-state index is -0.607. The summed E-state index contributed by atoms with van der Waals surface area (Å²) >= 11 is 0. The first kappa shape index (κ1) is 18.8. The highest BCUT2D eigenvalue weighted by atomic mass is 16.5. The summed E-state index contributed by atoms with van der Waals surface area (Å²) in [6.45, 7) is 4.14. The minimum Gasteiger partial charge on any atom is -0.496 e. The van der Waals surface area contributed by atoms with Crippen LogP contribution in [0.2, 0.25) is 0 Å². The molecule has 1 atom stereocenters. The Morgan fingerprint density at radius 3 is 2.81 bits per heavy atom. The number of amides is 2. The molecule has 1 unspecified atom stereocenters. The van der Waals surface area contributed by atoms with E-state index in [0.717, 1.165) is 16.9 Å². The Morgan fingerprint density at radius 1 is 1.26 bits per heavy atom. The van der Waals surface area contributed by atoms with E-state index in [-0.39, 0.29) is 18.4 Å². The zero-order valence-corrected chi connectivity index (χ0v) is 15.8. The van der Waals surface area contributed by atoms with Gasteiger partial charge in [0.15, 0.2) is 6.10 Å². The first-order valence-corrected chi connectivity index (χ1v) is 8.97. The summed E-state index contributed by atoms with van der Waals surface area (Å²) in [6.07, 6.45) is 0.0462. The van der Waals surface area contributed by atoms with E-state index < -0.39 is 6.10 Å². The van der Waals surface area contributed by atoms with Crippen LogP contribution in [-0.4, -0.2) is 38.1 Å². The van der Waals surface area contributed by atoms with Gasteiger partial charge < -0.3 is 14.8 Å². The SMILES string of the molecule is COc1ccc(C)cc1CCNC(=O)CN1C(=O)C(C)Oc2ccccc21. The molecule has 1 aliphatic rings. The van der Waals surface area contributed by atoms with Crippen molar-refractivity contribution in [3.8, 4) is 11.5 Å². The summed E-state index contributed by atoms with van der Waals surface area (Å²) in [6, 6.07) is 13.2. The lowest BCUT2D eigenvalue weighted by Crippen LogP contribution is -2.49. The molecule has 1 heterocycles. The largest absolute Gasteiger partial charge is 0.496 e. The maximum Gasteiger partial charge on any atom is 0.268 e. The fourth-order valence-electron chi connectivity index (χ4n) is 3.16. The monoisotopic (exact) mass is 368 g/mol. The van der Waals surface area contributed by atoms with Crippen LogP contribution in [0, 0.1) is 6.92 Å². The van der Waals surface area contributed by atoms with Crippen molar-refractivity contribution in [1.82, 2.24) is 5.32 Å². The summed E-state index contributed by atoms with van der Waals surface area (Å²) < 4.78 is 11.0. The first-order valence-electron chi connectivity index (χ1n) is 8.97. The molecule has 1 aliphatic heterocycles. The normalized spacial score (nSPS) is 15.7. The second-order valence-corrected chi connectivity index (χ2v) is 6.57. The fraction of sp³-hybridized carbons (Fsp3) is 0.333. The summed E-state index contributed by atoms with van der Waals surface area (Å²) in [4.78, 5) is 26.3. The third kappa shape index (κ3) is 4.22. The predicted molar refractivity (Wildman–Crippen MR) is 103 cm³/mol. The standard InChI is InChI=1S/C21H24N2O4/c1-14-8-9-18(26-3)16(12-14)10-11-22-20(24)13-23-17-6-4-5-7-19(17)27-15(2)21(23)25/h4-9,12,15H,10-11,13H2,1-3H3,(H,22,24). The van der Waals surface area contributed by atoms with Crippen molar-refractivity contribution in [3.63, 3.8) is 0 Å². The number of methoxy groups -OCH3 is 1. The number of carbonyl (C=O) groups excluding carboxylic acids is 2. The highest BCUT2D eigenvalue weighted by Crippen LogP contribution is 2.33. The van der Waals surface area contributed by atoms with Crippen LogP contribution in [0.4, 0.5) is 5.69 Å². The van der Waals surface area contributed by atoms with Crippen LogP contribution in [0.25, 0.3) is 0 Å². The number of para-hydroxylation sites is 2. The van der Waals surface area contributed by atoms with Crippen molar-refractivity contribution in [3.05, 3.63) is 53.6 Å². The average Bonchev–Trinajstić information content (AvgIpc) is 2.65. The number of fused-ring (bicyclic) bond motifs is 1.